The number of carbonyl (C=O) groups excluding carboxylic acids is 1. The second-order valence-corrected chi connectivity index (χ2v) is 9.36. The highest BCUT2D eigenvalue weighted by atomic mass is 35.5. The van der Waals surface area contributed by atoms with Gasteiger partial charge in [-0.2, -0.15) is 0 Å². The van der Waals surface area contributed by atoms with Crippen LogP contribution in [0.1, 0.15) is 35.7 Å². The summed E-state index contributed by atoms with van der Waals surface area (Å²) in [7, 11) is -2.90. The summed E-state index contributed by atoms with van der Waals surface area (Å²) in [6.45, 7) is 1.97. The number of alkyl halides is 2. The van der Waals surface area contributed by atoms with Crippen molar-refractivity contribution >= 4 is 39.0 Å². The van der Waals surface area contributed by atoms with Crippen LogP contribution in [0, 0.1) is 0 Å². The lowest BCUT2D eigenvalue weighted by Gasteiger charge is -2.34. The molecule has 168 valence electrons. The molecular weight excluding hydrogens is 450 g/mol. The molecule has 0 unspecified atom stereocenters. The Morgan fingerprint density at radius 2 is 1.87 bits per heavy atom. The number of rotatable bonds is 6. The number of anilines is 2. The number of methoxy groups -OCH3 is 1. The molecule has 3 rings (SSSR count). The Labute approximate surface area is 185 Å². The van der Waals surface area contributed by atoms with E-state index in [9.17, 15) is 22.0 Å². The maximum atomic E-state index is 13.6. The zero-order valence-corrected chi connectivity index (χ0v) is 18.7. The van der Waals surface area contributed by atoms with Gasteiger partial charge in [0.15, 0.2) is 0 Å². The van der Waals surface area contributed by atoms with Crippen LogP contribution in [0.3, 0.4) is 0 Å². The molecule has 0 atom stereocenters. The van der Waals surface area contributed by atoms with E-state index in [-0.39, 0.29) is 42.1 Å². The van der Waals surface area contributed by atoms with Crippen molar-refractivity contribution in [2.45, 2.75) is 37.0 Å². The van der Waals surface area contributed by atoms with Crippen LogP contribution in [-0.2, 0) is 21.2 Å². The third-order valence-corrected chi connectivity index (χ3v) is 6.88. The standard InChI is InChI=1S/C21H23ClF2N2O4S/c1-3-14-4-5-15(20(27)30-2)12-19(14)31(28,29)25-17-13-16(22)6-7-18(17)26-10-8-21(23,24)9-11-26/h4-7,12-13,25H,3,8-11H2,1-2H3. The highest BCUT2D eigenvalue weighted by Crippen LogP contribution is 2.36. The predicted molar refractivity (Wildman–Crippen MR) is 116 cm³/mol. The van der Waals surface area contributed by atoms with Crippen molar-refractivity contribution in [2.75, 3.05) is 29.8 Å². The van der Waals surface area contributed by atoms with E-state index in [2.05, 4.69) is 9.46 Å². The summed E-state index contributed by atoms with van der Waals surface area (Å²) in [6, 6.07) is 8.95. The van der Waals surface area contributed by atoms with Gasteiger partial charge in [-0.05, 0) is 42.3 Å². The third-order valence-electron chi connectivity index (χ3n) is 5.20. The van der Waals surface area contributed by atoms with Gasteiger partial charge in [0.25, 0.3) is 15.9 Å². The van der Waals surface area contributed by atoms with Gasteiger partial charge < -0.3 is 9.64 Å². The Bertz CT molecular complexity index is 1080. The van der Waals surface area contributed by atoms with E-state index in [1.165, 1.54) is 25.3 Å². The van der Waals surface area contributed by atoms with Gasteiger partial charge in [0.2, 0.25) is 0 Å². The Balaban J connectivity index is 1.99. The van der Waals surface area contributed by atoms with Crippen LogP contribution in [-0.4, -0.2) is 40.5 Å². The number of benzene rings is 2. The molecule has 1 aliphatic heterocycles. The van der Waals surface area contributed by atoms with E-state index in [0.717, 1.165) is 0 Å². The third kappa shape index (κ3) is 5.27. The number of nitrogens with one attached hydrogen (secondary N) is 1. The van der Waals surface area contributed by atoms with Gasteiger partial charge >= 0.3 is 5.97 Å². The molecule has 0 spiro atoms. The summed E-state index contributed by atoms with van der Waals surface area (Å²) in [5.41, 5.74) is 1.26. The molecule has 1 N–H and O–H groups in total. The van der Waals surface area contributed by atoms with E-state index in [4.69, 9.17) is 11.6 Å². The largest absolute Gasteiger partial charge is 0.465 e. The van der Waals surface area contributed by atoms with Crippen LogP contribution < -0.4 is 9.62 Å². The molecule has 10 heteroatoms. The van der Waals surface area contributed by atoms with Crippen molar-refractivity contribution in [2.24, 2.45) is 0 Å². The Kier molecular flexibility index (Phi) is 6.76. The molecule has 6 nitrogen and oxygen atoms in total. The summed E-state index contributed by atoms with van der Waals surface area (Å²) in [5, 5.41) is 0.294. The van der Waals surface area contributed by atoms with Gasteiger partial charge in [-0.3, -0.25) is 4.72 Å². The van der Waals surface area contributed by atoms with Crippen LogP contribution in [0.25, 0.3) is 0 Å². The fourth-order valence-electron chi connectivity index (χ4n) is 3.48. The van der Waals surface area contributed by atoms with Gasteiger partial charge in [0.1, 0.15) is 0 Å². The second-order valence-electron chi connectivity index (χ2n) is 7.28. The lowest BCUT2D eigenvalue weighted by molar-refractivity contribution is -0.0220. The van der Waals surface area contributed by atoms with Gasteiger partial charge in [-0.1, -0.05) is 24.6 Å². The minimum absolute atomic E-state index is 0.0611. The zero-order valence-electron chi connectivity index (χ0n) is 17.1. The maximum Gasteiger partial charge on any atom is 0.337 e. The Hall–Kier alpha value is -2.39. The highest BCUT2D eigenvalue weighted by Gasteiger charge is 2.35. The maximum absolute atomic E-state index is 13.6. The lowest BCUT2D eigenvalue weighted by atomic mass is 10.1. The van der Waals surface area contributed by atoms with Crippen LogP contribution in [0.4, 0.5) is 20.2 Å². The van der Waals surface area contributed by atoms with Crippen LogP contribution >= 0.6 is 11.6 Å². The number of hydrogen-bond donors (Lipinski definition) is 1. The average Bonchev–Trinajstić information content (AvgIpc) is 2.73. The summed E-state index contributed by atoms with van der Waals surface area (Å²) < 4.78 is 60.9. The second kappa shape index (κ2) is 9.00. The van der Waals surface area contributed by atoms with E-state index >= 15 is 0 Å². The fourth-order valence-corrected chi connectivity index (χ4v) is 5.06. The molecule has 31 heavy (non-hydrogen) atoms. The molecule has 0 radical (unpaired) electrons. The topological polar surface area (TPSA) is 75.7 Å². The number of aryl methyl sites for hydroxylation is 1. The lowest BCUT2D eigenvalue weighted by Crippen LogP contribution is -2.39. The molecule has 1 heterocycles. The molecule has 2 aromatic rings. The number of hydrogen-bond acceptors (Lipinski definition) is 5. The van der Waals surface area contributed by atoms with Gasteiger partial charge in [-0.15, -0.1) is 0 Å². The number of esters is 1. The molecule has 0 bridgehead atoms. The summed E-state index contributed by atoms with van der Waals surface area (Å²) in [6.07, 6.45) is -0.215. The number of halogens is 3. The molecule has 0 aromatic heterocycles. The fraction of sp³-hybridized carbons (Fsp3) is 0.381. The Morgan fingerprint density at radius 1 is 1.19 bits per heavy atom. The molecule has 1 aliphatic rings. The molecule has 0 amide bonds. The molecule has 0 saturated carbocycles. The minimum atomic E-state index is -4.11. The van der Waals surface area contributed by atoms with Crippen molar-refractivity contribution < 1.29 is 26.7 Å². The van der Waals surface area contributed by atoms with Gasteiger partial charge in [-0.25, -0.2) is 22.0 Å². The van der Waals surface area contributed by atoms with Gasteiger partial charge in [0, 0.05) is 31.0 Å². The summed E-state index contributed by atoms with van der Waals surface area (Å²) in [5.74, 6) is -3.38. The first-order chi connectivity index (χ1) is 14.6. The van der Waals surface area contributed by atoms with E-state index in [1.54, 1.807) is 30.0 Å². The van der Waals surface area contributed by atoms with Crippen LogP contribution in [0.2, 0.25) is 5.02 Å². The molecule has 0 aliphatic carbocycles. The molecular formula is C21H23ClF2N2O4S. The monoisotopic (exact) mass is 472 g/mol. The van der Waals surface area contributed by atoms with Crippen LogP contribution in [0.5, 0.6) is 0 Å². The van der Waals surface area contributed by atoms with Crippen molar-refractivity contribution in [3.63, 3.8) is 0 Å². The van der Waals surface area contributed by atoms with E-state index in [0.29, 0.717) is 22.7 Å². The van der Waals surface area contributed by atoms with Gasteiger partial charge in [0.05, 0.1) is 28.9 Å². The molecule has 1 saturated heterocycles. The first kappa shape index (κ1) is 23.3. The number of piperidine rings is 1. The number of ether oxygens (including phenoxy) is 1. The summed E-state index contributed by atoms with van der Waals surface area (Å²) in [4.78, 5) is 13.5. The first-order valence-corrected chi connectivity index (χ1v) is 11.6. The van der Waals surface area contributed by atoms with Crippen molar-refractivity contribution in [3.8, 4) is 0 Å². The normalized spacial score (nSPS) is 16.1. The Morgan fingerprint density at radius 3 is 2.48 bits per heavy atom. The predicted octanol–water partition coefficient (Wildman–Crippen LogP) is 4.73. The number of sulfonamides is 1. The quantitative estimate of drug-likeness (QED) is 0.615. The smallest absolute Gasteiger partial charge is 0.337 e. The number of nitrogens with zero attached hydrogens (tertiary/aromatic N) is 1. The SMILES string of the molecule is CCc1ccc(C(=O)OC)cc1S(=O)(=O)Nc1cc(Cl)ccc1N1CCC(F)(F)CC1. The van der Waals surface area contributed by atoms with Crippen molar-refractivity contribution in [3.05, 3.63) is 52.5 Å². The first-order valence-electron chi connectivity index (χ1n) is 9.72. The van der Waals surface area contributed by atoms with Crippen molar-refractivity contribution in [1.29, 1.82) is 0 Å². The molecule has 1 fully saturated rings. The number of carbonyl (C=O) groups is 1. The average molecular weight is 473 g/mol. The minimum Gasteiger partial charge on any atom is -0.465 e. The van der Waals surface area contributed by atoms with E-state index in [1.807, 2.05) is 0 Å². The molecule has 2 aromatic carbocycles. The van der Waals surface area contributed by atoms with E-state index < -0.39 is 21.9 Å². The zero-order chi connectivity index (χ0) is 22.8. The van der Waals surface area contributed by atoms with Crippen molar-refractivity contribution in [1.82, 2.24) is 0 Å². The van der Waals surface area contributed by atoms with Crippen LogP contribution in [0.15, 0.2) is 41.3 Å². The summed E-state index contributed by atoms with van der Waals surface area (Å²) >= 11 is 6.09. The highest BCUT2D eigenvalue weighted by molar-refractivity contribution is 7.92.